The van der Waals surface area contributed by atoms with Crippen LogP contribution >= 0.6 is 0 Å². The Morgan fingerprint density at radius 2 is 2.28 bits per heavy atom. The summed E-state index contributed by atoms with van der Waals surface area (Å²) in [6, 6.07) is 0. The third-order valence-corrected chi connectivity index (χ3v) is 2.76. The zero-order chi connectivity index (χ0) is 13.1. The average molecular weight is 253 g/mol. The molecule has 0 saturated heterocycles. The summed E-state index contributed by atoms with van der Waals surface area (Å²) in [4.78, 5) is 16.9. The van der Waals surface area contributed by atoms with E-state index in [1.807, 2.05) is 4.90 Å². The highest BCUT2D eigenvalue weighted by atomic mass is 16.5. The molecule has 0 bridgehead atoms. The van der Waals surface area contributed by atoms with Gasteiger partial charge in [-0.2, -0.15) is 4.98 Å². The Hall–Kier alpha value is -1.43. The van der Waals surface area contributed by atoms with E-state index in [1.54, 1.807) is 0 Å². The van der Waals surface area contributed by atoms with Gasteiger partial charge in [-0.3, -0.25) is 9.69 Å². The van der Waals surface area contributed by atoms with Crippen LogP contribution in [0.4, 0.5) is 0 Å². The molecule has 1 aliphatic carbocycles. The Balaban J connectivity index is 1.94. The molecule has 0 radical (unpaired) electrons. The molecule has 1 heterocycles. The van der Waals surface area contributed by atoms with Gasteiger partial charge in [0.1, 0.15) is 0 Å². The molecule has 0 unspecified atom stereocenters. The number of hydrogen-bond donors (Lipinski definition) is 1. The zero-order valence-corrected chi connectivity index (χ0v) is 10.8. The second-order valence-electron chi connectivity index (χ2n) is 5.28. The third-order valence-electron chi connectivity index (χ3n) is 2.76. The molecule has 1 aliphatic rings. The van der Waals surface area contributed by atoms with Crippen molar-refractivity contribution in [1.82, 2.24) is 15.0 Å². The number of aromatic nitrogens is 2. The van der Waals surface area contributed by atoms with Crippen LogP contribution in [0.3, 0.4) is 0 Å². The predicted molar refractivity (Wildman–Crippen MR) is 64.0 cm³/mol. The molecule has 1 saturated carbocycles. The number of carboxylic acid groups (broad SMARTS) is 1. The molecule has 2 rings (SSSR count). The van der Waals surface area contributed by atoms with E-state index >= 15 is 0 Å². The van der Waals surface area contributed by atoms with Crippen LogP contribution in [0.1, 0.15) is 44.3 Å². The van der Waals surface area contributed by atoms with E-state index in [-0.39, 0.29) is 6.54 Å². The van der Waals surface area contributed by atoms with Gasteiger partial charge < -0.3 is 9.63 Å². The molecule has 100 valence electrons. The van der Waals surface area contributed by atoms with Gasteiger partial charge in [-0.25, -0.2) is 0 Å². The van der Waals surface area contributed by atoms with Gasteiger partial charge in [0.05, 0.1) is 13.1 Å². The van der Waals surface area contributed by atoms with Crippen LogP contribution < -0.4 is 0 Å². The van der Waals surface area contributed by atoms with Gasteiger partial charge in [-0.05, 0) is 18.8 Å². The maximum Gasteiger partial charge on any atom is 0.317 e. The van der Waals surface area contributed by atoms with Crippen molar-refractivity contribution in [3.8, 4) is 0 Å². The fourth-order valence-corrected chi connectivity index (χ4v) is 1.92. The van der Waals surface area contributed by atoms with Crippen LogP contribution in [0.15, 0.2) is 4.52 Å². The largest absolute Gasteiger partial charge is 0.480 e. The summed E-state index contributed by atoms with van der Waals surface area (Å²) < 4.78 is 5.16. The molecule has 0 atom stereocenters. The van der Waals surface area contributed by atoms with Crippen LogP contribution in [-0.4, -0.2) is 39.2 Å². The van der Waals surface area contributed by atoms with E-state index in [2.05, 4.69) is 24.0 Å². The Kier molecular flexibility index (Phi) is 3.96. The van der Waals surface area contributed by atoms with E-state index in [4.69, 9.17) is 9.63 Å². The molecule has 1 aromatic rings. The molecule has 1 aromatic heterocycles. The summed E-state index contributed by atoms with van der Waals surface area (Å²) in [5.41, 5.74) is 0. The first kappa shape index (κ1) is 13.0. The first-order valence-electron chi connectivity index (χ1n) is 6.31. The molecule has 0 aliphatic heterocycles. The quantitative estimate of drug-likeness (QED) is 0.793. The lowest BCUT2D eigenvalue weighted by Gasteiger charge is -2.20. The maximum atomic E-state index is 10.8. The minimum Gasteiger partial charge on any atom is -0.480 e. The van der Waals surface area contributed by atoms with Crippen molar-refractivity contribution in [2.45, 2.75) is 39.2 Å². The van der Waals surface area contributed by atoms with Crippen molar-refractivity contribution < 1.29 is 14.4 Å². The standard InChI is InChI=1S/C12H19N3O3/c1-8(2)5-15(7-11(16)17)6-10-13-12(18-14-10)9-3-4-9/h8-9H,3-7H2,1-2H3,(H,16,17). The first-order valence-corrected chi connectivity index (χ1v) is 6.31. The van der Waals surface area contributed by atoms with Gasteiger partial charge in [0.25, 0.3) is 0 Å². The Morgan fingerprint density at radius 1 is 1.56 bits per heavy atom. The Bertz CT molecular complexity index is 412. The minimum atomic E-state index is -0.832. The predicted octanol–water partition coefficient (Wildman–Crippen LogP) is 1.49. The molecule has 0 spiro atoms. The fourth-order valence-electron chi connectivity index (χ4n) is 1.92. The van der Waals surface area contributed by atoms with Gasteiger partial charge in [-0.1, -0.05) is 19.0 Å². The third kappa shape index (κ3) is 3.80. The number of hydrogen-bond acceptors (Lipinski definition) is 5. The summed E-state index contributed by atoms with van der Waals surface area (Å²) in [5, 5.41) is 12.8. The van der Waals surface area contributed by atoms with E-state index in [9.17, 15) is 4.79 Å². The van der Waals surface area contributed by atoms with Crippen LogP contribution in [0.5, 0.6) is 0 Å². The van der Waals surface area contributed by atoms with Crippen molar-refractivity contribution in [3.63, 3.8) is 0 Å². The van der Waals surface area contributed by atoms with Crippen molar-refractivity contribution in [2.75, 3.05) is 13.1 Å². The summed E-state index contributed by atoms with van der Waals surface area (Å²) >= 11 is 0. The molecular formula is C12H19N3O3. The van der Waals surface area contributed by atoms with Crippen molar-refractivity contribution in [3.05, 3.63) is 11.7 Å². The van der Waals surface area contributed by atoms with E-state index in [1.165, 1.54) is 0 Å². The number of rotatable bonds is 7. The summed E-state index contributed by atoms with van der Waals surface area (Å²) in [5.74, 6) is 1.29. The van der Waals surface area contributed by atoms with Gasteiger partial charge in [0, 0.05) is 12.5 Å². The lowest BCUT2D eigenvalue weighted by atomic mass is 10.2. The normalized spacial score (nSPS) is 15.6. The molecule has 0 aromatic carbocycles. The number of carbonyl (C=O) groups is 1. The van der Waals surface area contributed by atoms with Crippen molar-refractivity contribution >= 4 is 5.97 Å². The van der Waals surface area contributed by atoms with E-state index < -0.39 is 5.97 Å². The summed E-state index contributed by atoms with van der Waals surface area (Å²) in [6.07, 6.45) is 2.24. The fraction of sp³-hybridized carbons (Fsp3) is 0.750. The summed E-state index contributed by atoms with van der Waals surface area (Å²) in [6.45, 7) is 5.26. The van der Waals surface area contributed by atoms with E-state index in [0.29, 0.717) is 36.6 Å². The molecule has 18 heavy (non-hydrogen) atoms. The molecule has 6 heteroatoms. The average Bonchev–Trinajstić information content (AvgIpc) is 2.98. The van der Waals surface area contributed by atoms with Gasteiger partial charge in [0.15, 0.2) is 5.82 Å². The van der Waals surface area contributed by atoms with Crippen LogP contribution in [0.2, 0.25) is 0 Å². The smallest absolute Gasteiger partial charge is 0.317 e. The molecule has 1 N–H and O–H groups in total. The maximum absolute atomic E-state index is 10.8. The van der Waals surface area contributed by atoms with Gasteiger partial charge >= 0.3 is 5.97 Å². The lowest BCUT2D eigenvalue weighted by molar-refractivity contribution is -0.138. The lowest BCUT2D eigenvalue weighted by Crippen LogP contribution is -2.32. The number of aliphatic carboxylic acids is 1. The molecule has 1 fully saturated rings. The van der Waals surface area contributed by atoms with Crippen molar-refractivity contribution in [2.24, 2.45) is 5.92 Å². The highest BCUT2D eigenvalue weighted by Crippen LogP contribution is 2.38. The topological polar surface area (TPSA) is 79.5 Å². The second kappa shape index (κ2) is 5.48. The molecular weight excluding hydrogens is 234 g/mol. The Morgan fingerprint density at radius 3 is 2.83 bits per heavy atom. The number of carboxylic acids is 1. The van der Waals surface area contributed by atoms with Crippen LogP contribution in [0.25, 0.3) is 0 Å². The highest BCUT2D eigenvalue weighted by Gasteiger charge is 2.29. The minimum absolute atomic E-state index is 0.00544. The second-order valence-corrected chi connectivity index (χ2v) is 5.28. The zero-order valence-electron chi connectivity index (χ0n) is 10.8. The van der Waals surface area contributed by atoms with Gasteiger partial charge in [0.2, 0.25) is 5.89 Å². The Labute approximate surface area is 106 Å². The van der Waals surface area contributed by atoms with Crippen molar-refractivity contribution in [1.29, 1.82) is 0 Å². The van der Waals surface area contributed by atoms with E-state index in [0.717, 1.165) is 12.8 Å². The first-order chi connectivity index (χ1) is 8.54. The molecule has 6 nitrogen and oxygen atoms in total. The highest BCUT2D eigenvalue weighted by molar-refractivity contribution is 5.69. The number of nitrogens with zero attached hydrogens (tertiary/aromatic N) is 3. The van der Waals surface area contributed by atoms with Crippen LogP contribution in [0, 0.1) is 5.92 Å². The summed E-state index contributed by atoms with van der Waals surface area (Å²) in [7, 11) is 0. The SMILES string of the molecule is CC(C)CN(CC(=O)O)Cc1noc(C2CC2)n1. The monoisotopic (exact) mass is 253 g/mol. The van der Waals surface area contributed by atoms with Crippen LogP contribution in [-0.2, 0) is 11.3 Å². The van der Waals surface area contributed by atoms with Gasteiger partial charge in [-0.15, -0.1) is 0 Å². The molecule has 0 amide bonds.